The van der Waals surface area contributed by atoms with Gasteiger partial charge in [-0.1, -0.05) is 27.7 Å². The van der Waals surface area contributed by atoms with Crippen molar-refractivity contribution in [2.75, 3.05) is 20.3 Å². The minimum Gasteiger partial charge on any atom is -0.385 e. The molecule has 0 radical (unpaired) electrons. The van der Waals surface area contributed by atoms with Gasteiger partial charge in [0.1, 0.15) is 0 Å². The number of hydrogen-bond donors (Lipinski definition) is 1. The van der Waals surface area contributed by atoms with E-state index in [0.717, 1.165) is 25.5 Å². The summed E-state index contributed by atoms with van der Waals surface area (Å²) >= 11 is 0. The van der Waals surface area contributed by atoms with Gasteiger partial charge in [-0.3, -0.25) is 0 Å². The van der Waals surface area contributed by atoms with Crippen LogP contribution in [0.2, 0.25) is 0 Å². The number of rotatable bonds is 8. The molecule has 92 valence electrons. The quantitative estimate of drug-likeness (QED) is 0.672. The summed E-state index contributed by atoms with van der Waals surface area (Å²) in [6, 6.07) is 0.617. The Labute approximate surface area is 95.8 Å². The standard InChI is InChI=1S/C13H29NO/c1-11(2)9-12(3)14-10-13(4,5)7-8-15-6/h11-12,14H,7-10H2,1-6H3. The van der Waals surface area contributed by atoms with E-state index in [2.05, 4.69) is 39.9 Å². The summed E-state index contributed by atoms with van der Waals surface area (Å²) < 4.78 is 5.12. The summed E-state index contributed by atoms with van der Waals surface area (Å²) in [5.74, 6) is 0.773. The molecule has 0 saturated carbocycles. The molecule has 0 bridgehead atoms. The third-order valence-corrected chi connectivity index (χ3v) is 2.74. The van der Waals surface area contributed by atoms with Gasteiger partial charge in [0.05, 0.1) is 0 Å². The van der Waals surface area contributed by atoms with Crippen LogP contribution in [0.4, 0.5) is 0 Å². The Bertz CT molecular complexity index is 155. The van der Waals surface area contributed by atoms with Crippen LogP contribution in [-0.4, -0.2) is 26.3 Å². The lowest BCUT2D eigenvalue weighted by molar-refractivity contribution is 0.148. The van der Waals surface area contributed by atoms with E-state index in [1.807, 2.05) is 0 Å². The Morgan fingerprint density at radius 2 is 1.80 bits per heavy atom. The SMILES string of the molecule is COCCC(C)(C)CNC(C)CC(C)C. The highest BCUT2D eigenvalue weighted by atomic mass is 16.5. The molecule has 0 aromatic heterocycles. The molecular weight excluding hydrogens is 186 g/mol. The van der Waals surface area contributed by atoms with E-state index in [9.17, 15) is 0 Å². The predicted octanol–water partition coefficient (Wildman–Crippen LogP) is 3.07. The van der Waals surface area contributed by atoms with E-state index in [4.69, 9.17) is 4.74 Å². The Morgan fingerprint density at radius 1 is 1.20 bits per heavy atom. The van der Waals surface area contributed by atoms with Crippen LogP contribution in [0.5, 0.6) is 0 Å². The molecule has 1 N–H and O–H groups in total. The molecule has 15 heavy (non-hydrogen) atoms. The van der Waals surface area contributed by atoms with Gasteiger partial charge in [0, 0.05) is 26.3 Å². The molecule has 0 aromatic rings. The summed E-state index contributed by atoms with van der Waals surface area (Å²) in [4.78, 5) is 0. The zero-order valence-electron chi connectivity index (χ0n) is 11.4. The fraction of sp³-hybridized carbons (Fsp3) is 1.00. The summed E-state index contributed by atoms with van der Waals surface area (Å²) in [5, 5.41) is 3.61. The van der Waals surface area contributed by atoms with Gasteiger partial charge in [0.2, 0.25) is 0 Å². The summed E-state index contributed by atoms with van der Waals surface area (Å²) in [7, 11) is 1.77. The lowest BCUT2D eigenvalue weighted by Gasteiger charge is -2.27. The average Bonchev–Trinajstić information content (AvgIpc) is 2.11. The molecule has 0 aliphatic rings. The van der Waals surface area contributed by atoms with Crippen molar-refractivity contribution in [1.29, 1.82) is 0 Å². The molecule has 0 rings (SSSR count). The van der Waals surface area contributed by atoms with E-state index in [1.54, 1.807) is 7.11 Å². The highest BCUT2D eigenvalue weighted by molar-refractivity contribution is 4.74. The molecule has 0 aliphatic heterocycles. The van der Waals surface area contributed by atoms with Crippen LogP contribution >= 0.6 is 0 Å². The molecule has 0 aliphatic carbocycles. The first-order chi connectivity index (χ1) is 6.87. The van der Waals surface area contributed by atoms with Gasteiger partial charge in [-0.25, -0.2) is 0 Å². The molecule has 0 saturated heterocycles. The molecule has 1 unspecified atom stereocenters. The topological polar surface area (TPSA) is 21.3 Å². The smallest absolute Gasteiger partial charge is 0.0467 e. The molecule has 0 spiro atoms. The minimum absolute atomic E-state index is 0.335. The fourth-order valence-corrected chi connectivity index (χ4v) is 1.71. The zero-order valence-corrected chi connectivity index (χ0v) is 11.4. The monoisotopic (exact) mass is 215 g/mol. The Kier molecular flexibility index (Phi) is 7.20. The molecular formula is C13H29NO. The van der Waals surface area contributed by atoms with Crippen LogP contribution in [0.1, 0.15) is 47.5 Å². The van der Waals surface area contributed by atoms with Gasteiger partial charge in [-0.05, 0) is 31.1 Å². The first-order valence-corrected chi connectivity index (χ1v) is 6.09. The first kappa shape index (κ1) is 14.9. The second kappa shape index (κ2) is 7.24. The van der Waals surface area contributed by atoms with Crippen LogP contribution in [0.3, 0.4) is 0 Å². The van der Waals surface area contributed by atoms with Crippen molar-refractivity contribution in [3.8, 4) is 0 Å². The van der Waals surface area contributed by atoms with Crippen molar-refractivity contribution in [1.82, 2.24) is 5.32 Å². The number of methoxy groups -OCH3 is 1. The van der Waals surface area contributed by atoms with Crippen molar-refractivity contribution >= 4 is 0 Å². The van der Waals surface area contributed by atoms with E-state index in [-0.39, 0.29) is 0 Å². The van der Waals surface area contributed by atoms with Crippen LogP contribution in [0.15, 0.2) is 0 Å². The van der Waals surface area contributed by atoms with E-state index >= 15 is 0 Å². The van der Waals surface area contributed by atoms with E-state index < -0.39 is 0 Å². The number of hydrogen-bond acceptors (Lipinski definition) is 2. The normalized spacial score (nSPS) is 14.6. The maximum atomic E-state index is 5.12. The molecule has 0 fully saturated rings. The number of nitrogens with one attached hydrogen (secondary N) is 1. The summed E-state index contributed by atoms with van der Waals surface area (Å²) in [5.41, 5.74) is 0.335. The number of ether oxygens (including phenoxy) is 1. The second-order valence-corrected chi connectivity index (χ2v) is 5.82. The Balaban J connectivity index is 3.71. The van der Waals surface area contributed by atoms with E-state index in [0.29, 0.717) is 11.5 Å². The van der Waals surface area contributed by atoms with Gasteiger partial charge >= 0.3 is 0 Å². The fourth-order valence-electron chi connectivity index (χ4n) is 1.71. The Morgan fingerprint density at radius 3 is 2.27 bits per heavy atom. The molecule has 0 amide bonds. The summed E-state index contributed by atoms with van der Waals surface area (Å²) in [6.07, 6.45) is 2.37. The van der Waals surface area contributed by atoms with Gasteiger partial charge < -0.3 is 10.1 Å². The lowest BCUT2D eigenvalue weighted by Crippen LogP contribution is -2.36. The third-order valence-electron chi connectivity index (χ3n) is 2.74. The van der Waals surface area contributed by atoms with Crippen molar-refractivity contribution in [3.63, 3.8) is 0 Å². The first-order valence-electron chi connectivity index (χ1n) is 6.09. The maximum Gasteiger partial charge on any atom is 0.0467 e. The highest BCUT2D eigenvalue weighted by Gasteiger charge is 2.18. The molecule has 2 heteroatoms. The molecule has 0 heterocycles. The van der Waals surface area contributed by atoms with Gasteiger partial charge in [-0.15, -0.1) is 0 Å². The average molecular weight is 215 g/mol. The van der Waals surface area contributed by atoms with Crippen LogP contribution in [0, 0.1) is 11.3 Å². The second-order valence-electron chi connectivity index (χ2n) is 5.82. The summed E-state index contributed by atoms with van der Waals surface area (Å²) in [6.45, 7) is 13.3. The minimum atomic E-state index is 0.335. The van der Waals surface area contributed by atoms with Crippen molar-refractivity contribution in [3.05, 3.63) is 0 Å². The maximum absolute atomic E-state index is 5.12. The third kappa shape index (κ3) is 8.88. The van der Waals surface area contributed by atoms with Gasteiger partial charge in [-0.2, -0.15) is 0 Å². The van der Waals surface area contributed by atoms with Gasteiger partial charge in [0.15, 0.2) is 0 Å². The predicted molar refractivity (Wildman–Crippen MR) is 67.2 cm³/mol. The van der Waals surface area contributed by atoms with Crippen LogP contribution in [0.25, 0.3) is 0 Å². The van der Waals surface area contributed by atoms with E-state index in [1.165, 1.54) is 6.42 Å². The van der Waals surface area contributed by atoms with Crippen molar-refractivity contribution in [2.24, 2.45) is 11.3 Å². The van der Waals surface area contributed by atoms with Crippen LogP contribution in [-0.2, 0) is 4.74 Å². The molecule has 0 aromatic carbocycles. The molecule has 1 atom stereocenters. The molecule has 2 nitrogen and oxygen atoms in total. The zero-order chi connectivity index (χ0) is 11.9. The van der Waals surface area contributed by atoms with Crippen molar-refractivity contribution in [2.45, 2.75) is 53.5 Å². The van der Waals surface area contributed by atoms with Crippen LogP contribution < -0.4 is 5.32 Å². The largest absolute Gasteiger partial charge is 0.385 e. The van der Waals surface area contributed by atoms with Crippen molar-refractivity contribution < 1.29 is 4.74 Å². The lowest BCUT2D eigenvalue weighted by atomic mass is 9.89. The van der Waals surface area contributed by atoms with Gasteiger partial charge in [0.25, 0.3) is 0 Å². The highest BCUT2D eigenvalue weighted by Crippen LogP contribution is 2.19. The Hall–Kier alpha value is -0.0800.